The number of halogens is 2. The van der Waals surface area contributed by atoms with Crippen molar-refractivity contribution in [3.8, 4) is 0 Å². The topological polar surface area (TPSA) is 26.0 Å². The van der Waals surface area contributed by atoms with Gasteiger partial charge in [0, 0.05) is 15.6 Å². The Hall–Kier alpha value is -0.240. The molecule has 18 heavy (non-hydrogen) atoms. The van der Waals surface area contributed by atoms with E-state index in [1.165, 1.54) is 19.3 Å². The van der Waals surface area contributed by atoms with Gasteiger partial charge in [-0.2, -0.15) is 0 Å². The quantitative estimate of drug-likeness (QED) is 0.827. The Morgan fingerprint density at radius 2 is 1.83 bits per heavy atom. The van der Waals surface area contributed by atoms with E-state index in [0.29, 0.717) is 5.02 Å². The summed E-state index contributed by atoms with van der Waals surface area (Å²) in [7, 11) is 0. The highest BCUT2D eigenvalue weighted by molar-refractivity contribution is 6.35. The number of hydrogen-bond donors (Lipinski definition) is 1. The van der Waals surface area contributed by atoms with Crippen molar-refractivity contribution in [1.29, 1.82) is 0 Å². The molecule has 1 saturated carbocycles. The zero-order valence-electron chi connectivity index (χ0n) is 11.1. The first-order valence-electron chi connectivity index (χ1n) is 6.57. The largest absolute Gasteiger partial charge is 0.324 e. The maximum Gasteiger partial charge on any atom is 0.0453 e. The summed E-state index contributed by atoms with van der Waals surface area (Å²) < 4.78 is 0. The van der Waals surface area contributed by atoms with Crippen LogP contribution in [0.25, 0.3) is 0 Å². The molecule has 0 radical (unpaired) electrons. The minimum absolute atomic E-state index is 0.161. The first-order chi connectivity index (χ1) is 8.34. The lowest BCUT2D eigenvalue weighted by atomic mass is 9.61. The molecule has 0 aromatic heterocycles. The van der Waals surface area contributed by atoms with Crippen LogP contribution < -0.4 is 5.73 Å². The van der Waals surface area contributed by atoms with E-state index in [1.54, 1.807) is 6.07 Å². The van der Waals surface area contributed by atoms with Crippen molar-refractivity contribution in [1.82, 2.24) is 0 Å². The van der Waals surface area contributed by atoms with Gasteiger partial charge in [-0.05, 0) is 42.4 Å². The average molecular weight is 286 g/mol. The minimum atomic E-state index is -0.164. The summed E-state index contributed by atoms with van der Waals surface area (Å²) in [5.74, 6) is 0. The van der Waals surface area contributed by atoms with Crippen LogP contribution >= 0.6 is 23.2 Å². The minimum Gasteiger partial charge on any atom is -0.324 e. The van der Waals surface area contributed by atoms with Crippen LogP contribution in [0, 0.1) is 5.41 Å². The van der Waals surface area contributed by atoms with Crippen molar-refractivity contribution in [3.63, 3.8) is 0 Å². The van der Waals surface area contributed by atoms with Crippen LogP contribution in [0.3, 0.4) is 0 Å². The van der Waals surface area contributed by atoms with Gasteiger partial charge >= 0.3 is 0 Å². The second kappa shape index (κ2) is 5.03. The van der Waals surface area contributed by atoms with Gasteiger partial charge in [0.2, 0.25) is 0 Å². The lowest BCUT2D eigenvalue weighted by Gasteiger charge is -2.48. The SMILES string of the molecule is CC1(C)CCCCC1(N)Cc1ccc(Cl)cc1Cl. The molecule has 2 N–H and O–H groups in total. The van der Waals surface area contributed by atoms with Crippen molar-refractivity contribution in [2.45, 2.75) is 51.5 Å². The molecule has 0 heterocycles. The summed E-state index contributed by atoms with van der Waals surface area (Å²) in [6.07, 6.45) is 5.58. The third-order valence-electron chi connectivity index (χ3n) is 4.54. The van der Waals surface area contributed by atoms with Crippen LogP contribution in [-0.2, 0) is 6.42 Å². The van der Waals surface area contributed by atoms with Gasteiger partial charge in [-0.25, -0.2) is 0 Å². The number of hydrogen-bond acceptors (Lipinski definition) is 1. The smallest absolute Gasteiger partial charge is 0.0453 e. The van der Waals surface area contributed by atoms with E-state index in [9.17, 15) is 0 Å². The predicted octanol–water partition coefficient (Wildman–Crippen LogP) is 4.83. The van der Waals surface area contributed by atoms with Gasteiger partial charge in [0.25, 0.3) is 0 Å². The Labute approximate surface area is 120 Å². The number of benzene rings is 1. The molecule has 1 nitrogen and oxygen atoms in total. The first-order valence-corrected chi connectivity index (χ1v) is 7.32. The van der Waals surface area contributed by atoms with E-state index in [0.717, 1.165) is 23.4 Å². The molecule has 0 amide bonds. The summed E-state index contributed by atoms with van der Waals surface area (Å²) >= 11 is 12.2. The number of rotatable bonds is 2. The Morgan fingerprint density at radius 3 is 2.44 bits per heavy atom. The van der Waals surface area contributed by atoms with E-state index in [1.807, 2.05) is 12.1 Å². The lowest BCUT2D eigenvalue weighted by molar-refractivity contribution is 0.0990. The third kappa shape index (κ3) is 2.68. The Kier molecular flexibility index (Phi) is 3.96. The van der Waals surface area contributed by atoms with Crippen molar-refractivity contribution >= 4 is 23.2 Å². The molecule has 0 aliphatic heterocycles. The van der Waals surface area contributed by atoms with Gasteiger partial charge in [0.05, 0.1) is 0 Å². The summed E-state index contributed by atoms with van der Waals surface area (Å²) in [5.41, 5.74) is 7.79. The second-order valence-corrected chi connectivity index (χ2v) is 7.00. The van der Waals surface area contributed by atoms with Crippen molar-refractivity contribution in [3.05, 3.63) is 33.8 Å². The maximum absolute atomic E-state index is 6.68. The zero-order valence-corrected chi connectivity index (χ0v) is 12.6. The Morgan fingerprint density at radius 1 is 1.17 bits per heavy atom. The zero-order chi connectivity index (χ0) is 13.4. The van der Waals surface area contributed by atoms with Crippen LogP contribution in [-0.4, -0.2) is 5.54 Å². The van der Waals surface area contributed by atoms with Crippen LogP contribution in [0.2, 0.25) is 10.0 Å². The molecule has 1 unspecified atom stereocenters. The fourth-order valence-electron chi connectivity index (χ4n) is 2.93. The fraction of sp³-hybridized carbons (Fsp3) is 0.600. The van der Waals surface area contributed by atoms with E-state index < -0.39 is 0 Å². The third-order valence-corrected chi connectivity index (χ3v) is 5.13. The fourth-order valence-corrected chi connectivity index (χ4v) is 3.40. The summed E-state index contributed by atoms with van der Waals surface area (Å²) in [4.78, 5) is 0. The molecule has 1 atom stereocenters. The molecule has 1 aliphatic carbocycles. The van der Waals surface area contributed by atoms with Crippen molar-refractivity contribution in [2.24, 2.45) is 11.1 Å². The van der Waals surface area contributed by atoms with Crippen molar-refractivity contribution in [2.75, 3.05) is 0 Å². The normalized spacial score (nSPS) is 27.2. The molecule has 100 valence electrons. The molecular formula is C15H21Cl2N. The molecule has 1 aromatic rings. The summed E-state index contributed by atoms with van der Waals surface area (Å²) in [6.45, 7) is 4.55. The second-order valence-electron chi connectivity index (χ2n) is 6.16. The van der Waals surface area contributed by atoms with Gasteiger partial charge in [0.15, 0.2) is 0 Å². The van der Waals surface area contributed by atoms with Crippen LogP contribution in [0.5, 0.6) is 0 Å². The van der Waals surface area contributed by atoms with E-state index in [2.05, 4.69) is 13.8 Å². The molecule has 3 heteroatoms. The van der Waals surface area contributed by atoms with Crippen molar-refractivity contribution < 1.29 is 0 Å². The van der Waals surface area contributed by atoms with Crippen LogP contribution in [0.1, 0.15) is 45.1 Å². The molecule has 0 spiro atoms. The van der Waals surface area contributed by atoms with Gasteiger partial charge < -0.3 is 5.73 Å². The first kappa shape index (κ1) is 14.2. The average Bonchev–Trinajstić information content (AvgIpc) is 2.27. The van der Waals surface area contributed by atoms with Gasteiger partial charge in [0.1, 0.15) is 0 Å². The molecule has 0 saturated heterocycles. The molecule has 2 rings (SSSR count). The van der Waals surface area contributed by atoms with E-state index >= 15 is 0 Å². The molecule has 1 aliphatic rings. The summed E-state index contributed by atoms with van der Waals surface area (Å²) in [5, 5.41) is 1.41. The standard InChI is InChI=1S/C15H21Cl2N/c1-14(2)7-3-4-8-15(14,18)10-11-5-6-12(16)9-13(11)17/h5-6,9H,3-4,7-8,10,18H2,1-2H3. The number of nitrogens with two attached hydrogens (primary N) is 1. The monoisotopic (exact) mass is 285 g/mol. The highest BCUT2D eigenvalue weighted by Crippen LogP contribution is 2.44. The predicted molar refractivity (Wildman–Crippen MR) is 79.3 cm³/mol. The molecule has 1 fully saturated rings. The molecule has 1 aromatic carbocycles. The van der Waals surface area contributed by atoms with Crippen LogP contribution in [0.15, 0.2) is 18.2 Å². The van der Waals surface area contributed by atoms with E-state index in [-0.39, 0.29) is 11.0 Å². The highest BCUT2D eigenvalue weighted by Gasteiger charge is 2.43. The molecule has 0 bridgehead atoms. The lowest BCUT2D eigenvalue weighted by Crippen LogP contribution is -2.56. The van der Waals surface area contributed by atoms with Gasteiger partial charge in [-0.15, -0.1) is 0 Å². The van der Waals surface area contributed by atoms with Crippen LogP contribution in [0.4, 0.5) is 0 Å². The van der Waals surface area contributed by atoms with Gasteiger partial charge in [-0.1, -0.05) is 56.0 Å². The Bertz CT molecular complexity index is 442. The molecular weight excluding hydrogens is 265 g/mol. The van der Waals surface area contributed by atoms with E-state index in [4.69, 9.17) is 28.9 Å². The summed E-state index contributed by atoms with van der Waals surface area (Å²) in [6, 6.07) is 5.70. The maximum atomic E-state index is 6.68. The Balaban J connectivity index is 2.26. The highest BCUT2D eigenvalue weighted by atomic mass is 35.5. The van der Waals surface area contributed by atoms with Gasteiger partial charge in [-0.3, -0.25) is 0 Å².